The monoisotopic (exact) mass is 182 g/mol. The van der Waals surface area contributed by atoms with Crippen LogP contribution in [-0.4, -0.2) is 21.5 Å². The lowest BCUT2D eigenvalue weighted by Gasteiger charge is -2.06. The molecule has 0 bridgehead atoms. The van der Waals surface area contributed by atoms with Crippen molar-refractivity contribution in [1.29, 1.82) is 0 Å². The molecular formula is C8H14N4O. The first-order chi connectivity index (χ1) is 6.11. The molecule has 1 atom stereocenters. The van der Waals surface area contributed by atoms with E-state index >= 15 is 0 Å². The molecule has 0 saturated carbocycles. The SMILES string of the molecule is CC(N)C(=O)NCc1nccn1C. The van der Waals surface area contributed by atoms with Gasteiger partial charge >= 0.3 is 0 Å². The molecule has 1 heterocycles. The summed E-state index contributed by atoms with van der Waals surface area (Å²) in [7, 11) is 1.88. The summed E-state index contributed by atoms with van der Waals surface area (Å²) < 4.78 is 1.85. The second-order valence-electron chi connectivity index (χ2n) is 2.96. The third-order valence-corrected chi connectivity index (χ3v) is 1.76. The summed E-state index contributed by atoms with van der Waals surface area (Å²) in [5.74, 6) is 0.650. The van der Waals surface area contributed by atoms with Crippen LogP contribution >= 0.6 is 0 Å². The van der Waals surface area contributed by atoms with E-state index in [2.05, 4.69) is 10.3 Å². The number of nitrogens with two attached hydrogens (primary N) is 1. The molecule has 5 heteroatoms. The molecule has 0 fully saturated rings. The standard InChI is InChI=1S/C8H14N4O/c1-6(9)8(13)11-5-7-10-3-4-12(7)2/h3-4,6H,5,9H2,1-2H3,(H,11,13). The molecule has 72 valence electrons. The average molecular weight is 182 g/mol. The van der Waals surface area contributed by atoms with Gasteiger partial charge in [0, 0.05) is 19.4 Å². The van der Waals surface area contributed by atoms with Crippen molar-refractivity contribution in [3.63, 3.8) is 0 Å². The molecule has 13 heavy (non-hydrogen) atoms. The number of nitrogens with zero attached hydrogens (tertiary/aromatic N) is 2. The van der Waals surface area contributed by atoms with Crippen LogP contribution in [0.1, 0.15) is 12.7 Å². The van der Waals surface area contributed by atoms with Crippen molar-refractivity contribution in [2.75, 3.05) is 0 Å². The van der Waals surface area contributed by atoms with E-state index in [1.54, 1.807) is 13.1 Å². The van der Waals surface area contributed by atoms with Crippen molar-refractivity contribution >= 4 is 5.91 Å². The molecule has 1 unspecified atom stereocenters. The van der Waals surface area contributed by atoms with E-state index in [0.717, 1.165) is 5.82 Å². The first-order valence-electron chi connectivity index (χ1n) is 4.10. The van der Waals surface area contributed by atoms with Gasteiger partial charge in [-0.2, -0.15) is 0 Å². The lowest BCUT2D eigenvalue weighted by molar-refractivity contribution is -0.122. The van der Waals surface area contributed by atoms with Gasteiger partial charge in [0.05, 0.1) is 12.6 Å². The quantitative estimate of drug-likeness (QED) is 0.654. The van der Waals surface area contributed by atoms with E-state index in [0.29, 0.717) is 6.54 Å². The maximum atomic E-state index is 11.1. The summed E-state index contributed by atoms with van der Waals surface area (Å²) in [6, 6.07) is -0.472. The van der Waals surface area contributed by atoms with Crippen molar-refractivity contribution in [2.45, 2.75) is 19.5 Å². The number of carbonyl (C=O) groups excluding carboxylic acids is 1. The first kappa shape index (κ1) is 9.73. The predicted molar refractivity (Wildman–Crippen MR) is 48.7 cm³/mol. The Morgan fingerprint density at radius 2 is 2.54 bits per heavy atom. The molecule has 0 spiro atoms. The summed E-state index contributed by atoms with van der Waals surface area (Å²) in [5, 5.41) is 2.68. The van der Waals surface area contributed by atoms with Gasteiger partial charge in [-0.25, -0.2) is 4.98 Å². The Morgan fingerprint density at radius 3 is 3.00 bits per heavy atom. The molecule has 1 rings (SSSR count). The number of rotatable bonds is 3. The number of imidazole rings is 1. The van der Waals surface area contributed by atoms with E-state index in [1.165, 1.54) is 0 Å². The molecule has 1 amide bonds. The molecule has 1 aromatic heterocycles. The van der Waals surface area contributed by atoms with Crippen LogP contribution in [0.3, 0.4) is 0 Å². The molecule has 0 radical (unpaired) electrons. The minimum absolute atomic E-state index is 0.164. The number of aromatic nitrogens is 2. The fourth-order valence-electron chi connectivity index (χ4n) is 0.894. The van der Waals surface area contributed by atoms with Crippen molar-refractivity contribution < 1.29 is 4.79 Å². The second kappa shape index (κ2) is 4.04. The van der Waals surface area contributed by atoms with Crippen molar-refractivity contribution in [3.8, 4) is 0 Å². The first-order valence-corrected chi connectivity index (χ1v) is 4.10. The van der Waals surface area contributed by atoms with Crippen LogP contribution in [0.5, 0.6) is 0 Å². The fourth-order valence-corrected chi connectivity index (χ4v) is 0.894. The van der Waals surface area contributed by atoms with Crippen LogP contribution < -0.4 is 11.1 Å². The maximum Gasteiger partial charge on any atom is 0.237 e. The Kier molecular flexibility index (Phi) is 3.02. The number of amides is 1. The highest BCUT2D eigenvalue weighted by atomic mass is 16.2. The van der Waals surface area contributed by atoms with E-state index in [4.69, 9.17) is 5.73 Å². The van der Waals surface area contributed by atoms with Crippen LogP contribution in [-0.2, 0) is 18.4 Å². The molecule has 0 aromatic carbocycles. The minimum Gasteiger partial charge on any atom is -0.348 e. The zero-order valence-corrected chi connectivity index (χ0v) is 7.82. The van der Waals surface area contributed by atoms with Gasteiger partial charge in [-0.05, 0) is 6.92 Å². The normalized spacial score (nSPS) is 12.5. The number of hydrogen-bond donors (Lipinski definition) is 2. The van der Waals surface area contributed by atoms with E-state index < -0.39 is 6.04 Å². The Balaban J connectivity index is 2.44. The van der Waals surface area contributed by atoms with E-state index in [9.17, 15) is 4.79 Å². The van der Waals surface area contributed by atoms with Crippen molar-refractivity contribution in [1.82, 2.24) is 14.9 Å². The zero-order chi connectivity index (χ0) is 9.84. The number of carbonyl (C=O) groups is 1. The van der Waals surface area contributed by atoms with E-state index in [1.807, 2.05) is 17.8 Å². The van der Waals surface area contributed by atoms with Gasteiger partial charge in [0.2, 0.25) is 5.91 Å². The second-order valence-corrected chi connectivity index (χ2v) is 2.96. The number of hydrogen-bond acceptors (Lipinski definition) is 3. The third kappa shape index (κ3) is 2.55. The van der Waals surface area contributed by atoms with Crippen LogP contribution in [0.25, 0.3) is 0 Å². The Bertz CT molecular complexity index is 292. The highest BCUT2D eigenvalue weighted by Crippen LogP contribution is 1.92. The number of aryl methyl sites for hydroxylation is 1. The number of nitrogens with one attached hydrogen (secondary N) is 1. The van der Waals surface area contributed by atoms with Crippen LogP contribution in [0.15, 0.2) is 12.4 Å². The lowest BCUT2D eigenvalue weighted by Crippen LogP contribution is -2.38. The van der Waals surface area contributed by atoms with Gasteiger partial charge in [-0.1, -0.05) is 0 Å². The van der Waals surface area contributed by atoms with Gasteiger partial charge in [-0.15, -0.1) is 0 Å². The molecule has 3 N–H and O–H groups in total. The topological polar surface area (TPSA) is 72.9 Å². The molecule has 5 nitrogen and oxygen atoms in total. The van der Waals surface area contributed by atoms with Crippen LogP contribution in [0, 0.1) is 0 Å². The highest BCUT2D eigenvalue weighted by Gasteiger charge is 2.07. The van der Waals surface area contributed by atoms with Crippen LogP contribution in [0.4, 0.5) is 0 Å². The van der Waals surface area contributed by atoms with E-state index in [-0.39, 0.29) is 5.91 Å². The largest absolute Gasteiger partial charge is 0.348 e. The molecule has 0 aliphatic rings. The fraction of sp³-hybridized carbons (Fsp3) is 0.500. The molecular weight excluding hydrogens is 168 g/mol. The molecule has 0 saturated heterocycles. The summed E-state index contributed by atoms with van der Waals surface area (Å²) in [6.07, 6.45) is 3.51. The lowest BCUT2D eigenvalue weighted by atomic mass is 10.3. The van der Waals surface area contributed by atoms with Crippen molar-refractivity contribution in [3.05, 3.63) is 18.2 Å². The molecule has 0 aliphatic heterocycles. The van der Waals surface area contributed by atoms with Gasteiger partial charge < -0.3 is 15.6 Å². The minimum atomic E-state index is -0.472. The summed E-state index contributed by atoms with van der Waals surface area (Å²) in [4.78, 5) is 15.1. The van der Waals surface area contributed by atoms with Gasteiger partial charge in [0.1, 0.15) is 5.82 Å². The summed E-state index contributed by atoms with van der Waals surface area (Å²) in [5.41, 5.74) is 5.37. The molecule has 0 aliphatic carbocycles. The zero-order valence-electron chi connectivity index (χ0n) is 7.82. The van der Waals surface area contributed by atoms with Gasteiger partial charge in [0.15, 0.2) is 0 Å². The van der Waals surface area contributed by atoms with Gasteiger partial charge in [0.25, 0.3) is 0 Å². The highest BCUT2D eigenvalue weighted by molar-refractivity contribution is 5.80. The molecule has 1 aromatic rings. The van der Waals surface area contributed by atoms with Crippen molar-refractivity contribution in [2.24, 2.45) is 12.8 Å². The summed E-state index contributed by atoms with van der Waals surface area (Å²) in [6.45, 7) is 2.07. The Labute approximate surface area is 76.9 Å². The van der Waals surface area contributed by atoms with Gasteiger partial charge in [-0.3, -0.25) is 4.79 Å². The Hall–Kier alpha value is -1.36. The van der Waals surface area contributed by atoms with Crippen LogP contribution in [0.2, 0.25) is 0 Å². The smallest absolute Gasteiger partial charge is 0.237 e. The average Bonchev–Trinajstić information content (AvgIpc) is 2.47. The Morgan fingerprint density at radius 1 is 1.85 bits per heavy atom. The maximum absolute atomic E-state index is 11.1. The summed E-state index contributed by atoms with van der Waals surface area (Å²) >= 11 is 0. The predicted octanol–water partition coefficient (Wildman–Crippen LogP) is -0.616. The third-order valence-electron chi connectivity index (χ3n) is 1.76.